The van der Waals surface area contributed by atoms with E-state index in [1.54, 1.807) is 6.07 Å². The predicted octanol–water partition coefficient (Wildman–Crippen LogP) is 2.43. The summed E-state index contributed by atoms with van der Waals surface area (Å²) in [6.07, 6.45) is 0. The van der Waals surface area contributed by atoms with Crippen molar-refractivity contribution in [1.82, 2.24) is 9.55 Å². The minimum atomic E-state index is -0.274. The summed E-state index contributed by atoms with van der Waals surface area (Å²) >= 11 is 0. The summed E-state index contributed by atoms with van der Waals surface area (Å²) in [6.45, 7) is 7.38. The highest BCUT2D eigenvalue weighted by Gasteiger charge is 2.23. The zero-order valence-corrected chi connectivity index (χ0v) is 10.5. The molecule has 0 radical (unpaired) electrons. The minimum absolute atomic E-state index is 0.124. The molecule has 0 spiro atoms. The van der Waals surface area contributed by atoms with Crippen molar-refractivity contribution in [1.29, 1.82) is 0 Å². The van der Waals surface area contributed by atoms with Gasteiger partial charge in [0.1, 0.15) is 11.3 Å². The number of nitrogens with two attached hydrogens (primary N) is 1. The largest absolute Gasteiger partial charge is 0.329 e. The number of rotatable bonds is 2. The summed E-state index contributed by atoms with van der Waals surface area (Å²) in [4.78, 5) is 4.43. The van der Waals surface area contributed by atoms with Gasteiger partial charge in [0.2, 0.25) is 0 Å². The van der Waals surface area contributed by atoms with Crippen LogP contribution in [0.5, 0.6) is 0 Å². The van der Waals surface area contributed by atoms with Crippen LogP contribution < -0.4 is 5.73 Å². The van der Waals surface area contributed by atoms with E-state index >= 15 is 0 Å². The lowest BCUT2D eigenvalue weighted by atomic mass is 9.95. The smallest absolute Gasteiger partial charge is 0.151 e. The molecule has 0 bridgehead atoms. The van der Waals surface area contributed by atoms with Gasteiger partial charge in [-0.2, -0.15) is 0 Å². The van der Waals surface area contributed by atoms with Gasteiger partial charge < -0.3 is 10.3 Å². The molecule has 0 aliphatic rings. The van der Waals surface area contributed by atoms with E-state index in [1.165, 1.54) is 6.07 Å². The number of fused-ring (bicyclic) bond motifs is 1. The van der Waals surface area contributed by atoms with Crippen molar-refractivity contribution in [2.75, 3.05) is 6.54 Å². The van der Waals surface area contributed by atoms with Crippen molar-refractivity contribution in [3.05, 3.63) is 29.8 Å². The molecule has 0 aliphatic heterocycles. The molecule has 0 saturated carbocycles. The second-order valence-corrected chi connectivity index (χ2v) is 5.23. The van der Waals surface area contributed by atoms with Crippen molar-refractivity contribution < 1.29 is 4.39 Å². The molecule has 0 fully saturated rings. The van der Waals surface area contributed by atoms with E-state index in [2.05, 4.69) is 25.8 Å². The molecule has 0 saturated heterocycles. The summed E-state index contributed by atoms with van der Waals surface area (Å²) in [5.41, 5.74) is 6.75. The number of imidazole rings is 1. The standard InChI is InChI=1S/C13H18FN3/c1-13(2,3)12-16-11-9(14)5-4-6-10(11)17(12)8-7-15/h4-6H,7-8,15H2,1-3H3. The lowest BCUT2D eigenvalue weighted by Gasteiger charge is -2.19. The summed E-state index contributed by atoms with van der Waals surface area (Å²) in [5.74, 6) is 0.604. The van der Waals surface area contributed by atoms with Gasteiger partial charge >= 0.3 is 0 Å². The molecule has 0 unspecified atom stereocenters. The molecular weight excluding hydrogens is 217 g/mol. The Morgan fingerprint density at radius 3 is 2.65 bits per heavy atom. The highest BCUT2D eigenvalue weighted by molar-refractivity contribution is 5.77. The maximum absolute atomic E-state index is 13.7. The van der Waals surface area contributed by atoms with Crippen LogP contribution in [0.25, 0.3) is 11.0 Å². The third-order valence-electron chi connectivity index (χ3n) is 2.75. The third-order valence-corrected chi connectivity index (χ3v) is 2.75. The monoisotopic (exact) mass is 235 g/mol. The molecular formula is C13H18FN3. The Morgan fingerprint density at radius 2 is 2.06 bits per heavy atom. The molecule has 17 heavy (non-hydrogen) atoms. The van der Waals surface area contributed by atoms with Crippen LogP contribution in [-0.2, 0) is 12.0 Å². The predicted molar refractivity (Wildman–Crippen MR) is 67.4 cm³/mol. The number of hydrogen-bond acceptors (Lipinski definition) is 2. The number of aromatic nitrogens is 2. The number of benzene rings is 1. The Labute approximate surface area is 100 Å². The fourth-order valence-electron chi connectivity index (χ4n) is 2.04. The molecule has 0 aliphatic carbocycles. The second-order valence-electron chi connectivity index (χ2n) is 5.23. The van der Waals surface area contributed by atoms with Gasteiger partial charge in [-0.25, -0.2) is 9.37 Å². The van der Waals surface area contributed by atoms with Crippen molar-refractivity contribution >= 4 is 11.0 Å². The van der Waals surface area contributed by atoms with Gasteiger partial charge in [-0.05, 0) is 12.1 Å². The minimum Gasteiger partial charge on any atom is -0.329 e. The van der Waals surface area contributed by atoms with Crippen LogP contribution >= 0.6 is 0 Å². The van der Waals surface area contributed by atoms with E-state index in [4.69, 9.17) is 5.73 Å². The average molecular weight is 235 g/mol. The lowest BCUT2D eigenvalue weighted by molar-refractivity contribution is 0.506. The highest BCUT2D eigenvalue weighted by Crippen LogP contribution is 2.27. The van der Waals surface area contributed by atoms with Crippen LogP contribution in [-0.4, -0.2) is 16.1 Å². The van der Waals surface area contributed by atoms with Crippen molar-refractivity contribution in [2.24, 2.45) is 5.73 Å². The molecule has 1 aromatic carbocycles. The maximum atomic E-state index is 13.7. The summed E-state index contributed by atoms with van der Waals surface area (Å²) < 4.78 is 15.7. The van der Waals surface area contributed by atoms with Gasteiger partial charge in [0.25, 0.3) is 0 Å². The maximum Gasteiger partial charge on any atom is 0.151 e. The fraction of sp³-hybridized carbons (Fsp3) is 0.462. The molecule has 0 atom stereocenters. The molecule has 1 aromatic heterocycles. The summed E-state index contributed by atoms with van der Waals surface area (Å²) in [7, 11) is 0. The Hall–Kier alpha value is -1.42. The lowest BCUT2D eigenvalue weighted by Crippen LogP contribution is -2.21. The van der Waals surface area contributed by atoms with E-state index in [0.29, 0.717) is 18.6 Å². The number of nitrogens with zero attached hydrogens (tertiary/aromatic N) is 2. The van der Waals surface area contributed by atoms with Crippen molar-refractivity contribution in [3.63, 3.8) is 0 Å². The number of halogens is 1. The summed E-state index contributed by atoms with van der Waals surface area (Å²) in [6, 6.07) is 5.03. The first-order valence-electron chi connectivity index (χ1n) is 5.80. The quantitative estimate of drug-likeness (QED) is 0.868. The molecule has 0 amide bonds. The van der Waals surface area contributed by atoms with E-state index < -0.39 is 0 Å². The van der Waals surface area contributed by atoms with E-state index in [-0.39, 0.29) is 11.2 Å². The van der Waals surface area contributed by atoms with E-state index in [1.807, 2.05) is 10.6 Å². The van der Waals surface area contributed by atoms with Crippen LogP contribution in [0.4, 0.5) is 4.39 Å². The Balaban J connectivity index is 2.75. The average Bonchev–Trinajstić information content (AvgIpc) is 2.59. The van der Waals surface area contributed by atoms with Gasteiger partial charge in [0.05, 0.1) is 5.52 Å². The van der Waals surface area contributed by atoms with Gasteiger partial charge in [-0.1, -0.05) is 26.8 Å². The first-order valence-corrected chi connectivity index (χ1v) is 5.80. The molecule has 3 nitrogen and oxygen atoms in total. The zero-order chi connectivity index (χ0) is 12.6. The first-order chi connectivity index (χ1) is 7.95. The second kappa shape index (κ2) is 4.11. The van der Waals surface area contributed by atoms with Crippen LogP contribution in [0.3, 0.4) is 0 Å². The number of para-hydroxylation sites is 1. The van der Waals surface area contributed by atoms with Crippen LogP contribution in [0.1, 0.15) is 26.6 Å². The van der Waals surface area contributed by atoms with Gasteiger partial charge in [0, 0.05) is 18.5 Å². The van der Waals surface area contributed by atoms with Gasteiger partial charge in [0.15, 0.2) is 5.82 Å². The van der Waals surface area contributed by atoms with Crippen LogP contribution in [0.15, 0.2) is 18.2 Å². The van der Waals surface area contributed by atoms with Crippen LogP contribution in [0.2, 0.25) is 0 Å². The first kappa shape index (κ1) is 12.0. The molecule has 92 valence electrons. The topological polar surface area (TPSA) is 43.8 Å². The van der Waals surface area contributed by atoms with E-state index in [0.717, 1.165) is 11.3 Å². The van der Waals surface area contributed by atoms with Gasteiger partial charge in [-0.3, -0.25) is 0 Å². The third kappa shape index (κ3) is 2.05. The SMILES string of the molecule is CC(C)(C)c1nc2c(F)cccc2n1CCN. The summed E-state index contributed by atoms with van der Waals surface area (Å²) in [5, 5.41) is 0. The van der Waals surface area contributed by atoms with E-state index in [9.17, 15) is 4.39 Å². The van der Waals surface area contributed by atoms with Crippen LogP contribution in [0, 0.1) is 5.82 Å². The molecule has 4 heteroatoms. The normalized spacial score (nSPS) is 12.3. The Kier molecular flexibility index (Phi) is 2.91. The highest BCUT2D eigenvalue weighted by atomic mass is 19.1. The molecule has 2 rings (SSSR count). The van der Waals surface area contributed by atoms with Gasteiger partial charge in [-0.15, -0.1) is 0 Å². The fourth-order valence-corrected chi connectivity index (χ4v) is 2.04. The molecule has 2 aromatic rings. The molecule has 2 N–H and O–H groups in total. The van der Waals surface area contributed by atoms with Crippen molar-refractivity contribution in [3.8, 4) is 0 Å². The van der Waals surface area contributed by atoms with Crippen molar-refractivity contribution in [2.45, 2.75) is 32.7 Å². The number of hydrogen-bond donors (Lipinski definition) is 1. The zero-order valence-electron chi connectivity index (χ0n) is 10.5. The Morgan fingerprint density at radius 1 is 1.35 bits per heavy atom. The molecule has 1 heterocycles. The Bertz CT molecular complexity index is 537.